The smallest absolute Gasteiger partial charge is 0.242 e. The molecule has 0 fully saturated rings. The number of carbonyl (C=O) groups is 1. The molecule has 1 amide bonds. The molecule has 2 N–H and O–H groups in total. The van der Waals surface area contributed by atoms with Gasteiger partial charge in [0.25, 0.3) is 0 Å². The van der Waals surface area contributed by atoms with Gasteiger partial charge in [0.1, 0.15) is 6.04 Å². The molecule has 2 rings (SSSR count). The summed E-state index contributed by atoms with van der Waals surface area (Å²) in [6.07, 6.45) is 2.07. The predicted molar refractivity (Wildman–Crippen MR) is 98.5 cm³/mol. The maximum absolute atomic E-state index is 13.3. The Morgan fingerprint density at radius 1 is 1.12 bits per heavy atom. The summed E-state index contributed by atoms with van der Waals surface area (Å²) in [6.45, 7) is 0. The van der Waals surface area contributed by atoms with E-state index in [-0.39, 0.29) is 17.0 Å². The van der Waals surface area contributed by atoms with Crippen molar-refractivity contribution in [2.24, 2.45) is 0 Å². The van der Waals surface area contributed by atoms with Gasteiger partial charge in [0.05, 0.1) is 4.90 Å². The minimum absolute atomic E-state index is 0.0368. The maximum atomic E-state index is 13.3. The standard InChI is InChI=1S/C17H18F2N2O3S2/c1-25-10-9-16(21-26(23,24)13-5-3-2-4-6-13)17(22)20-12-7-8-14(18)15(19)11-12/h2-8,11,16,21H,9-10H2,1H3,(H,20,22). The normalized spacial score (nSPS) is 12.6. The Labute approximate surface area is 155 Å². The third kappa shape index (κ3) is 5.52. The lowest BCUT2D eigenvalue weighted by atomic mass is 10.2. The number of sulfonamides is 1. The molecule has 5 nitrogen and oxygen atoms in total. The zero-order valence-electron chi connectivity index (χ0n) is 13.9. The van der Waals surface area contributed by atoms with Crippen molar-refractivity contribution < 1.29 is 22.0 Å². The van der Waals surface area contributed by atoms with Crippen molar-refractivity contribution in [3.63, 3.8) is 0 Å². The number of hydrogen-bond acceptors (Lipinski definition) is 4. The topological polar surface area (TPSA) is 75.3 Å². The Morgan fingerprint density at radius 2 is 1.81 bits per heavy atom. The molecule has 0 aliphatic rings. The molecule has 26 heavy (non-hydrogen) atoms. The molecule has 2 aromatic carbocycles. The Hall–Kier alpha value is -1.97. The first-order valence-corrected chi connectivity index (χ1v) is 10.5. The highest BCUT2D eigenvalue weighted by atomic mass is 32.2. The lowest BCUT2D eigenvalue weighted by Gasteiger charge is -2.18. The Bertz CT molecular complexity index is 862. The first kappa shape index (κ1) is 20.3. The molecule has 0 heterocycles. The van der Waals surface area contributed by atoms with Gasteiger partial charge in [-0.05, 0) is 42.7 Å². The lowest BCUT2D eigenvalue weighted by molar-refractivity contribution is -0.117. The Morgan fingerprint density at radius 3 is 2.42 bits per heavy atom. The number of thioether (sulfide) groups is 1. The molecule has 0 bridgehead atoms. The van der Waals surface area contributed by atoms with Crippen LogP contribution in [-0.4, -0.2) is 32.4 Å². The number of carbonyl (C=O) groups excluding carboxylic acids is 1. The number of rotatable bonds is 8. The van der Waals surface area contributed by atoms with Crippen LogP contribution in [0, 0.1) is 11.6 Å². The largest absolute Gasteiger partial charge is 0.325 e. The van der Waals surface area contributed by atoms with E-state index >= 15 is 0 Å². The van der Waals surface area contributed by atoms with Gasteiger partial charge in [-0.2, -0.15) is 16.5 Å². The van der Waals surface area contributed by atoms with Crippen LogP contribution in [-0.2, 0) is 14.8 Å². The summed E-state index contributed by atoms with van der Waals surface area (Å²) >= 11 is 1.46. The van der Waals surface area contributed by atoms with Crippen LogP contribution in [0.1, 0.15) is 6.42 Å². The molecule has 140 valence electrons. The Kier molecular flexibility index (Phi) is 7.13. The summed E-state index contributed by atoms with van der Waals surface area (Å²) < 4.78 is 53.6. The quantitative estimate of drug-likeness (QED) is 0.714. The van der Waals surface area contributed by atoms with E-state index in [4.69, 9.17) is 0 Å². The number of anilines is 1. The fraction of sp³-hybridized carbons (Fsp3) is 0.235. The van der Waals surface area contributed by atoms with E-state index in [1.165, 1.54) is 30.0 Å². The minimum Gasteiger partial charge on any atom is -0.325 e. The van der Waals surface area contributed by atoms with Gasteiger partial charge in [-0.15, -0.1) is 0 Å². The molecule has 2 aromatic rings. The fourth-order valence-corrected chi connectivity index (χ4v) is 3.86. The number of hydrogen-bond donors (Lipinski definition) is 2. The van der Waals surface area contributed by atoms with Crippen molar-refractivity contribution in [2.45, 2.75) is 17.4 Å². The summed E-state index contributed by atoms with van der Waals surface area (Å²) in [6, 6.07) is 9.54. The highest BCUT2D eigenvalue weighted by Crippen LogP contribution is 2.15. The van der Waals surface area contributed by atoms with Gasteiger partial charge in [-0.1, -0.05) is 18.2 Å². The molecular formula is C17H18F2N2O3S2. The minimum atomic E-state index is -3.90. The average molecular weight is 400 g/mol. The van der Waals surface area contributed by atoms with E-state index in [0.717, 1.165) is 12.1 Å². The van der Waals surface area contributed by atoms with Crippen LogP contribution in [0.25, 0.3) is 0 Å². The van der Waals surface area contributed by atoms with E-state index in [2.05, 4.69) is 10.0 Å². The van der Waals surface area contributed by atoms with Gasteiger partial charge in [-0.25, -0.2) is 17.2 Å². The van der Waals surface area contributed by atoms with E-state index in [1.807, 2.05) is 6.26 Å². The van der Waals surface area contributed by atoms with Crippen LogP contribution in [0.2, 0.25) is 0 Å². The molecule has 1 atom stereocenters. The number of amides is 1. The van der Waals surface area contributed by atoms with Crippen molar-refractivity contribution in [3.05, 3.63) is 60.2 Å². The van der Waals surface area contributed by atoms with Gasteiger partial charge in [0, 0.05) is 11.8 Å². The second-order valence-corrected chi connectivity index (χ2v) is 8.09. The highest BCUT2D eigenvalue weighted by molar-refractivity contribution is 7.98. The molecule has 0 aromatic heterocycles. The second kappa shape index (κ2) is 9.11. The number of benzene rings is 2. The van der Waals surface area contributed by atoms with Gasteiger partial charge in [0.15, 0.2) is 11.6 Å². The number of nitrogens with one attached hydrogen (secondary N) is 2. The molecule has 0 aliphatic heterocycles. The molecule has 0 saturated carbocycles. The van der Waals surface area contributed by atoms with Gasteiger partial charge in [0.2, 0.25) is 15.9 Å². The monoisotopic (exact) mass is 400 g/mol. The van der Waals surface area contributed by atoms with E-state index in [0.29, 0.717) is 5.75 Å². The summed E-state index contributed by atoms with van der Waals surface area (Å²) in [4.78, 5) is 12.5. The van der Waals surface area contributed by atoms with Gasteiger partial charge in [-0.3, -0.25) is 4.79 Å². The van der Waals surface area contributed by atoms with E-state index in [1.54, 1.807) is 18.2 Å². The van der Waals surface area contributed by atoms with Crippen LogP contribution in [0.15, 0.2) is 53.4 Å². The van der Waals surface area contributed by atoms with Gasteiger partial charge < -0.3 is 5.32 Å². The summed E-state index contributed by atoms with van der Waals surface area (Å²) in [5, 5.41) is 2.41. The summed E-state index contributed by atoms with van der Waals surface area (Å²) in [5.74, 6) is -2.25. The third-order valence-corrected chi connectivity index (χ3v) is 5.60. The van der Waals surface area contributed by atoms with Crippen molar-refractivity contribution in [1.82, 2.24) is 4.72 Å². The molecule has 0 radical (unpaired) electrons. The van der Waals surface area contributed by atoms with Crippen LogP contribution < -0.4 is 10.0 Å². The molecule has 9 heteroatoms. The summed E-state index contributed by atoms with van der Waals surface area (Å²) in [5.41, 5.74) is 0.0435. The van der Waals surface area contributed by atoms with E-state index < -0.39 is 33.6 Å². The third-order valence-electron chi connectivity index (χ3n) is 3.47. The summed E-state index contributed by atoms with van der Waals surface area (Å²) in [7, 11) is -3.90. The first-order chi connectivity index (χ1) is 12.3. The zero-order chi connectivity index (χ0) is 19.2. The van der Waals surface area contributed by atoms with Crippen molar-refractivity contribution in [3.8, 4) is 0 Å². The molecule has 0 aliphatic carbocycles. The first-order valence-electron chi connectivity index (χ1n) is 7.65. The zero-order valence-corrected chi connectivity index (χ0v) is 15.5. The molecule has 0 spiro atoms. The SMILES string of the molecule is CSCCC(NS(=O)(=O)c1ccccc1)C(=O)Nc1ccc(F)c(F)c1. The second-order valence-electron chi connectivity index (χ2n) is 5.39. The number of halogens is 2. The van der Waals surface area contributed by atoms with Crippen LogP contribution in [0.4, 0.5) is 14.5 Å². The maximum Gasteiger partial charge on any atom is 0.242 e. The van der Waals surface area contributed by atoms with E-state index in [9.17, 15) is 22.0 Å². The predicted octanol–water partition coefficient (Wildman–Crippen LogP) is 3.00. The van der Waals surface area contributed by atoms with Gasteiger partial charge >= 0.3 is 0 Å². The van der Waals surface area contributed by atoms with Crippen LogP contribution in [0.5, 0.6) is 0 Å². The van der Waals surface area contributed by atoms with Crippen LogP contribution in [0.3, 0.4) is 0 Å². The van der Waals surface area contributed by atoms with Crippen LogP contribution >= 0.6 is 11.8 Å². The fourth-order valence-electron chi connectivity index (χ4n) is 2.14. The van der Waals surface area contributed by atoms with Crippen molar-refractivity contribution >= 4 is 33.4 Å². The molecular weight excluding hydrogens is 382 g/mol. The Balaban J connectivity index is 2.17. The molecule has 1 unspecified atom stereocenters. The van der Waals surface area contributed by atoms with Crippen molar-refractivity contribution in [2.75, 3.05) is 17.3 Å². The highest BCUT2D eigenvalue weighted by Gasteiger charge is 2.25. The van der Waals surface area contributed by atoms with Crippen molar-refractivity contribution in [1.29, 1.82) is 0 Å². The average Bonchev–Trinajstić information content (AvgIpc) is 2.62. The molecule has 0 saturated heterocycles. The lowest BCUT2D eigenvalue weighted by Crippen LogP contribution is -2.44.